The molecular weight excluding hydrogens is 482 g/mol. The molecule has 0 unspecified atom stereocenters. The Morgan fingerprint density at radius 1 is 1.16 bits per heavy atom. The van der Waals surface area contributed by atoms with Crippen molar-refractivity contribution in [2.75, 3.05) is 13.2 Å². The van der Waals surface area contributed by atoms with Crippen LogP contribution in [0.3, 0.4) is 0 Å². The predicted molar refractivity (Wildman–Crippen MR) is 123 cm³/mol. The van der Waals surface area contributed by atoms with Gasteiger partial charge in [-0.15, -0.1) is 0 Å². The van der Waals surface area contributed by atoms with E-state index in [-0.39, 0.29) is 18.1 Å². The Bertz CT molecular complexity index is 993. The topological polar surface area (TPSA) is 72.9 Å². The summed E-state index contributed by atoms with van der Waals surface area (Å²) in [7, 11) is 0. The number of carbonyl (C=O) groups is 3. The zero-order valence-electron chi connectivity index (χ0n) is 17.0. The van der Waals surface area contributed by atoms with Crippen LogP contribution in [0.25, 0.3) is 6.08 Å². The maximum absolute atomic E-state index is 12.6. The summed E-state index contributed by atoms with van der Waals surface area (Å²) >= 11 is 4.30. The third kappa shape index (κ3) is 6.45. The molecule has 2 aromatic rings. The average Bonchev–Trinajstić information content (AvgIpc) is 3.01. The van der Waals surface area contributed by atoms with Gasteiger partial charge >= 0.3 is 5.97 Å². The number of esters is 1. The number of amides is 2. The van der Waals surface area contributed by atoms with E-state index in [9.17, 15) is 14.4 Å². The lowest BCUT2D eigenvalue weighted by Gasteiger charge is -2.11. The van der Waals surface area contributed by atoms with Crippen LogP contribution in [-0.2, 0) is 20.9 Å². The lowest BCUT2D eigenvalue weighted by molar-refractivity contribution is -0.146. The molecule has 0 bridgehead atoms. The normalized spacial score (nSPS) is 14.9. The van der Waals surface area contributed by atoms with Gasteiger partial charge in [-0.3, -0.25) is 19.3 Å². The molecule has 0 N–H and O–H groups in total. The van der Waals surface area contributed by atoms with Gasteiger partial charge in [-0.1, -0.05) is 49.7 Å². The maximum atomic E-state index is 12.6. The van der Waals surface area contributed by atoms with Gasteiger partial charge in [-0.05, 0) is 63.4 Å². The summed E-state index contributed by atoms with van der Waals surface area (Å²) < 4.78 is 11.6. The highest BCUT2D eigenvalue weighted by Crippen LogP contribution is 2.34. The molecule has 0 radical (unpaired) electrons. The van der Waals surface area contributed by atoms with E-state index in [1.54, 1.807) is 18.2 Å². The number of thioether (sulfide) groups is 1. The molecular formula is C23H22BrNO5S. The largest absolute Gasteiger partial charge is 0.488 e. The zero-order chi connectivity index (χ0) is 22.2. The molecule has 1 heterocycles. The van der Waals surface area contributed by atoms with Crippen LogP contribution >= 0.6 is 27.7 Å². The summed E-state index contributed by atoms with van der Waals surface area (Å²) in [5.41, 5.74) is 1.79. The minimum atomic E-state index is -0.584. The number of unbranched alkanes of at least 4 members (excludes halogenated alkanes) is 1. The SMILES string of the molecule is CCCCOC(=O)CN1C(=O)S/C(=C/c2ccc(OCc3ccccc3)c(Br)c2)C1=O. The summed E-state index contributed by atoms with van der Waals surface area (Å²) in [5, 5.41) is -0.481. The van der Waals surface area contributed by atoms with Gasteiger partial charge in [-0.25, -0.2) is 0 Å². The molecule has 0 atom stereocenters. The van der Waals surface area contributed by atoms with Crippen molar-refractivity contribution in [3.63, 3.8) is 0 Å². The van der Waals surface area contributed by atoms with Crippen molar-refractivity contribution in [3.8, 4) is 5.75 Å². The fourth-order valence-corrected chi connectivity index (χ4v) is 4.10. The molecule has 1 aliphatic heterocycles. The van der Waals surface area contributed by atoms with Crippen LogP contribution in [0.2, 0.25) is 0 Å². The second-order valence-electron chi connectivity index (χ2n) is 6.81. The Labute approximate surface area is 193 Å². The summed E-state index contributed by atoms with van der Waals surface area (Å²) in [6.45, 7) is 2.33. The molecule has 8 heteroatoms. The van der Waals surface area contributed by atoms with Crippen LogP contribution in [0.1, 0.15) is 30.9 Å². The Morgan fingerprint density at radius 2 is 1.94 bits per heavy atom. The summed E-state index contributed by atoms with van der Waals surface area (Å²) in [5.74, 6) is -0.411. The van der Waals surface area contributed by atoms with Crippen molar-refractivity contribution >= 4 is 50.9 Å². The number of hydrogen-bond donors (Lipinski definition) is 0. The highest BCUT2D eigenvalue weighted by molar-refractivity contribution is 9.10. The average molecular weight is 504 g/mol. The molecule has 0 spiro atoms. The van der Waals surface area contributed by atoms with Gasteiger partial charge in [0.25, 0.3) is 11.1 Å². The fourth-order valence-electron chi connectivity index (χ4n) is 2.75. The minimum Gasteiger partial charge on any atom is -0.488 e. The van der Waals surface area contributed by atoms with Gasteiger partial charge in [0, 0.05) is 0 Å². The van der Waals surface area contributed by atoms with E-state index in [1.165, 1.54) is 0 Å². The smallest absolute Gasteiger partial charge is 0.326 e. The predicted octanol–water partition coefficient (Wildman–Crippen LogP) is 5.41. The number of imide groups is 1. The summed E-state index contributed by atoms with van der Waals surface area (Å²) in [4.78, 5) is 37.8. The first-order valence-corrected chi connectivity index (χ1v) is 11.5. The van der Waals surface area contributed by atoms with E-state index in [0.29, 0.717) is 12.4 Å². The maximum Gasteiger partial charge on any atom is 0.326 e. The van der Waals surface area contributed by atoms with E-state index >= 15 is 0 Å². The van der Waals surface area contributed by atoms with Gasteiger partial charge in [0.1, 0.15) is 18.9 Å². The minimum absolute atomic E-state index is 0.260. The van der Waals surface area contributed by atoms with Crippen LogP contribution in [0.15, 0.2) is 57.9 Å². The second kappa shape index (κ2) is 11.2. The molecule has 1 fully saturated rings. The fraction of sp³-hybridized carbons (Fsp3) is 0.261. The lowest BCUT2D eigenvalue weighted by atomic mass is 10.2. The highest BCUT2D eigenvalue weighted by Gasteiger charge is 2.36. The number of benzene rings is 2. The molecule has 0 saturated carbocycles. The summed E-state index contributed by atoms with van der Waals surface area (Å²) in [6, 6.07) is 15.2. The van der Waals surface area contributed by atoms with Gasteiger partial charge in [0.2, 0.25) is 0 Å². The third-order valence-corrected chi connectivity index (χ3v) is 5.94. The van der Waals surface area contributed by atoms with Crippen LogP contribution in [-0.4, -0.2) is 35.2 Å². The number of halogens is 1. The first kappa shape index (κ1) is 23.1. The van der Waals surface area contributed by atoms with Gasteiger partial charge in [0.05, 0.1) is 16.0 Å². The number of carbonyl (C=O) groups excluding carboxylic acids is 3. The van der Waals surface area contributed by atoms with Crippen molar-refractivity contribution in [2.45, 2.75) is 26.4 Å². The van der Waals surface area contributed by atoms with Crippen LogP contribution in [0.4, 0.5) is 4.79 Å². The van der Waals surface area contributed by atoms with Crippen molar-refractivity contribution in [3.05, 3.63) is 69.0 Å². The molecule has 1 aliphatic rings. The van der Waals surface area contributed by atoms with Crippen molar-refractivity contribution in [2.24, 2.45) is 0 Å². The van der Waals surface area contributed by atoms with Gasteiger partial charge in [0.15, 0.2) is 0 Å². The first-order valence-electron chi connectivity index (χ1n) is 9.85. The number of rotatable bonds is 9. The monoisotopic (exact) mass is 503 g/mol. The number of ether oxygens (including phenoxy) is 2. The van der Waals surface area contributed by atoms with Crippen molar-refractivity contribution in [1.29, 1.82) is 0 Å². The Morgan fingerprint density at radius 3 is 2.65 bits per heavy atom. The molecule has 2 amide bonds. The van der Waals surface area contributed by atoms with Gasteiger partial charge < -0.3 is 9.47 Å². The molecule has 31 heavy (non-hydrogen) atoms. The van der Waals surface area contributed by atoms with E-state index in [1.807, 2.05) is 43.3 Å². The van der Waals surface area contributed by atoms with Crippen molar-refractivity contribution in [1.82, 2.24) is 4.90 Å². The second-order valence-corrected chi connectivity index (χ2v) is 8.65. The molecule has 2 aromatic carbocycles. The molecule has 0 aliphatic carbocycles. The van der Waals surface area contributed by atoms with E-state index in [4.69, 9.17) is 9.47 Å². The van der Waals surface area contributed by atoms with E-state index < -0.39 is 17.1 Å². The number of hydrogen-bond acceptors (Lipinski definition) is 6. The van der Waals surface area contributed by atoms with E-state index in [0.717, 1.165) is 45.1 Å². The third-order valence-electron chi connectivity index (χ3n) is 4.41. The first-order chi connectivity index (χ1) is 15.0. The molecule has 0 aromatic heterocycles. The molecule has 3 rings (SSSR count). The lowest BCUT2D eigenvalue weighted by Crippen LogP contribution is -2.34. The molecule has 162 valence electrons. The standard InChI is InChI=1S/C23H22BrNO5S/c1-2-3-11-29-21(26)14-25-22(27)20(31-23(25)28)13-17-9-10-19(18(24)12-17)30-15-16-7-5-4-6-8-16/h4-10,12-13H,2-3,11,14-15H2,1H3/b20-13+. The van der Waals surface area contributed by atoms with Crippen LogP contribution in [0, 0.1) is 0 Å². The van der Waals surface area contributed by atoms with Crippen LogP contribution in [0.5, 0.6) is 5.75 Å². The quantitative estimate of drug-likeness (QED) is 0.259. The van der Waals surface area contributed by atoms with Crippen LogP contribution < -0.4 is 4.74 Å². The summed E-state index contributed by atoms with van der Waals surface area (Å²) in [6.07, 6.45) is 3.26. The zero-order valence-corrected chi connectivity index (χ0v) is 19.4. The number of nitrogens with zero attached hydrogens (tertiary/aromatic N) is 1. The van der Waals surface area contributed by atoms with E-state index in [2.05, 4.69) is 15.9 Å². The molecule has 1 saturated heterocycles. The highest BCUT2D eigenvalue weighted by atomic mass is 79.9. The van der Waals surface area contributed by atoms with Crippen molar-refractivity contribution < 1.29 is 23.9 Å². The molecule has 6 nitrogen and oxygen atoms in total. The van der Waals surface area contributed by atoms with Gasteiger partial charge in [-0.2, -0.15) is 0 Å². The Kier molecular flexibility index (Phi) is 8.31. The Hall–Kier alpha value is -2.58. The Balaban J connectivity index is 1.63.